The van der Waals surface area contributed by atoms with Crippen LogP contribution in [0.25, 0.3) is 0 Å². The molecule has 1 aromatic heterocycles. The molecule has 2 aromatic rings. The number of pyridine rings is 1. The largest absolute Gasteiger partial charge is 0.417 e. The van der Waals surface area contributed by atoms with Gasteiger partial charge in [-0.05, 0) is 43.2 Å². The number of nitrogens with one attached hydrogen (secondary N) is 1. The van der Waals surface area contributed by atoms with Crippen LogP contribution < -0.4 is 10.2 Å². The predicted molar refractivity (Wildman–Crippen MR) is 105 cm³/mol. The van der Waals surface area contributed by atoms with Crippen molar-refractivity contribution in [3.05, 3.63) is 59.5 Å². The second-order valence-electron chi connectivity index (χ2n) is 7.36. The molecule has 162 valence electrons. The van der Waals surface area contributed by atoms with E-state index in [0.717, 1.165) is 24.2 Å². The molecule has 0 unspecified atom stereocenters. The molecule has 0 radical (unpaired) electrons. The SMILES string of the molecule is C[C@H](NC(=O)CN1CCCN(c2ccc(C(F)(F)F)cn2)CC1)c1ccc(F)cc1. The highest BCUT2D eigenvalue weighted by molar-refractivity contribution is 5.78. The first-order valence-electron chi connectivity index (χ1n) is 9.78. The van der Waals surface area contributed by atoms with Crippen molar-refractivity contribution in [2.45, 2.75) is 25.6 Å². The van der Waals surface area contributed by atoms with Crippen LogP contribution in [-0.2, 0) is 11.0 Å². The molecule has 1 atom stereocenters. The summed E-state index contributed by atoms with van der Waals surface area (Å²) in [6.45, 7) is 4.59. The van der Waals surface area contributed by atoms with Crippen molar-refractivity contribution in [1.82, 2.24) is 15.2 Å². The number of benzene rings is 1. The number of hydrogen-bond acceptors (Lipinski definition) is 4. The molecule has 0 saturated carbocycles. The second kappa shape index (κ2) is 9.42. The Bertz CT molecular complexity index is 840. The van der Waals surface area contributed by atoms with E-state index < -0.39 is 11.7 Å². The van der Waals surface area contributed by atoms with E-state index >= 15 is 0 Å². The van der Waals surface area contributed by atoms with Gasteiger partial charge in [-0.2, -0.15) is 13.2 Å². The van der Waals surface area contributed by atoms with Crippen molar-refractivity contribution in [2.24, 2.45) is 0 Å². The van der Waals surface area contributed by atoms with Gasteiger partial charge in [-0.25, -0.2) is 9.37 Å². The van der Waals surface area contributed by atoms with E-state index in [9.17, 15) is 22.4 Å². The molecule has 5 nitrogen and oxygen atoms in total. The topological polar surface area (TPSA) is 48.5 Å². The van der Waals surface area contributed by atoms with Gasteiger partial charge in [-0.3, -0.25) is 9.69 Å². The van der Waals surface area contributed by atoms with Crippen molar-refractivity contribution in [1.29, 1.82) is 0 Å². The Morgan fingerprint density at radius 2 is 1.83 bits per heavy atom. The van der Waals surface area contributed by atoms with Crippen LogP contribution in [0.5, 0.6) is 0 Å². The minimum atomic E-state index is -4.40. The quantitative estimate of drug-likeness (QED) is 0.745. The molecule has 1 aliphatic rings. The van der Waals surface area contributed by atoms with E-state index in [0.29, 0.717) is 32.0 Å². The fourth-order valence-electron chi connectivity index (χ4n) is 3.42. The lowest BCUT2D eigenvalue weighted by molar-refractivity contribution is -0.137. The standard InChI is InChI=1S/C21H24F4N4O/c1-15(16-3-6-18(22)7-4-16)27-20(30)14-28-9-2-10-29(12-11-28)19-8-5-17(13-26-19)21(23,24)25/h3-8,13,15H,2,9-12,14H2,1H3,(H,27,30)/t15-/m0/s1. The fourth-order valence-corrected chi connectivity index (χ4v) is 3.42. The highest BCUT2D eigenvalue weighted by Gasteiger charge is 2.31. The number of halogens is 4. The first-order chi connectivity index (χ1) is 14.2. The molecule has 2 heterocycles. The van der Waals surface area contributed by atoms with Crippen LogP contribution in [0.2, 0.25) is 0 Å². The number of nitrogens with zero attached hydrogens (tertiary/aromatic N) is 3. The molecule has 0 spiro atoms. The van der Waals surface area contributed by atoms with Crippen LogP contribution in [-0.4, -0.2) is 48.5 Å². The first kappa shape index (κ1) is 22.0. The van der Waals surface area contributed by atoms with E-state index in [2.05, 4.69) is 10.3 Å². The first-order valence-corrected chi connectivity index (χ1v) is 9.78. The van der Waals surface area contributed by atoms with Gasteiger partial charge < -0.3 is 10.2 Å². The van der Waals surface area contributed by atoms with Crippen molar-refractivity contribution in [3.63, 3.8) is 0 Å². The van der Waals surface area contributed by atoms with Gasteiger partial charge in [-0.1, -0.05) is 12.1 Å². The summed E-state index contributed by atoms with van der Waals surface area (Å²) in [6, 6.07) is 8.18. The monoisotopic (exact) mass is 424 g/mol. The predicted octanol–water partition coefficient (Wildman–Crippen LogP) is 3.63. The summed E-state index contributed by atoms with van der Waals surface area (Å²) in [5.74, 6) is 0.0427. The summed E-state index contributed by atoms with van der Waals surface area (Å²) < 4.78 is 51.1. The molecule has 1 fully saturated rings. The fraction of sp³-hybridized carbons (Fsp3) is 0.429. The normalized spacial score (nSPS) is 16.8. The van der Waals surface area contributed by atoms with Crippen LogP contribution in [0.15, 0.2) is 42.6 Å². The Morgan fingerprint density at radius 3 is 2.47 bits per heavy atom. The van der Waals surface area contributed by atoms with Gasteiger partial charge >= 0.3 is 6.18 Å². The van der Waals surface area contributed by atoms with Gasteiger partial charge in [0, 0.05) is 32.4 Å². The average molecular weight is 424 g/mol. The maximum atomic E-state index is 13.0. The number of amides is 1. The molecular weight excluding hydrogens is 400 g/mol. The lowest BCUT2D eigenvalue weighted by Crippen LogP contribution is -2.40. The summed E-state index contributed by atoms with van der Waals surface area (Å²) in [5.41, 5.74) is 0.0508. The second-order valence-corrected chi connectivity index (χ2v) is 7.36. The number of alkyl halides is 3. The number of hydrogen-bond donors (Lipinski definition) is 1. The Hall–Kier alpha value is -2.68. The van der Waals surface area contributed by atoms with E-state index in [1.54, 1.807) is 12.1 Å². The number of anilines is 1. The summed E-state index contributed by atoms with van der Waals surface area (Å²) in [4.78, 5) is 20.3. The molecule has 1 amide bonds. The lowest BCUT2D eigenvalue weighted by Gasteiger charge is -2.23. The number of carbonyl (C=O) groups excluding carboxylic acids is 1. The minimum Gasteiger partial charge on any atom is -0.355 e. The van der Waals surface area contributed by atoms with E-state index in [-0.39, 0.29) is 24.3 Å². The Kier molecular flexibility index (Phi) is 6.91. The Labute approximate surface area is 172 Å². The van der Waals surface area contributed by atoms with Crippen LogP contribution >= 0.6 is 0 Å². The van der Waals surface area contributed by atoms with Gasteiger partial charge in [-0.15, -0.1) is 0 Å². The van der Waals surface area contributed by atoms with Crippen molar-refractivity contribution in [2.75, 3.05) is 37.6 Å². The third kappa shape index (κ3) is 5.91. The molecule has 1 N–H and O–H groups in total. The average Bonchev–Trinajstić information content (AvgIpc) is 2.93. The van der Waals surface area contributed by atoms with Crippen molar-refractivity contribution >= 4 is 11.7 Å². The third-order valence-corrected chi connectivity index (χ3v) is 5.10. The highest BCUT2D eigenvalue weighted by Crippen LogP contribution is 2.29. The molecule has 0 bridgehead atoms. The van der Waals surface area contributed by atoms with Crippen LogP contribution in [0, 0.1) is 5.82 Å². The number of carbonyl (C=O) groups is 1. The van der Waals surface area contributed by atoms with Gasteiger partial charge in [0.15, 0.2) is 0 Å². The van der Waals surface area contributed by atoms with Gasteiger partial charge in [0.25, 0.3) is 0 Å². The molecule has 1 saturated heterocycles. The van der Waals surface area contributed by atoms with E-state index in [1.807, 2.05) is 16.7 Å². The highest BCUT2D eigenvalue weighted by atomic mass is 19.4. The minimum absolute atomic E-state index is 0.132. The van der Waals surface area contributed by atoms with Crippen LogP contribution in [0.3, 0.4) is 0 Å². The Balaban J connectivity index is 1.51. The molecular formula is C21H24F4N4O. The maximum Gasteiger partial charge on any atom is 0.417 e. The zero-order valence-electron chi connectivity index (χ0n) is 16.6. The smallest absolute Gasteiger partial charge is 0.355 e. The Morgan fingerprint density at radius 1 is 1.10 bits per heavy atom. The zero-order valence-corrected chi connectivity index (χ0v) is 16.6. The molecule has 1 aliphatic heterocycles. The summed E-state index contributed by atoms with van der Waals surface area (Å²) in [7, 11) is 0. The van der Waals surface area contributed by atoms with Crippen LogP contribution in [0.4, 0.5) is 23.4 Å². The number of rotatable bonds is 5. The summed E-state index contributed by atoms with van der Waals surface area (Å²) in [5, 5.41) is 2.91. The van der Waals surface area contributed by atoms with E-state index in [4.69, 9.17) is 0 Å². The van der Waals surface area contributed by atoms with Gasteiger partial charge in [0.2, 0.25) is 5.91 Å². The van der Waals surface area contributed by atoms with Crippen molar-refractivity contribution < 1.29 is 22.4 Å². The van der Waals surface area contributed by atoms with Crippen LogP contribution in [0.1, 0.15) is 30.5 Å². The van der Waals surface area contributed by atoms with Crippen molar-refractivity contribution in [3.8, 4) is 0 Å². The molecule has 0 aliphatic carbocycles. The summed E-state index contributed by atoms with van der Waals surface area (Å²) >= 11 is 0. The molecule has 9 heteroatoms. The lowest BCUT2D eigenvalue weighted by atomic mass is 10.1. The van der Waals surface area contributed by atoms with Gasteiger partial charge in [0.05, 0.1) is 18.2 Å². The number of aromatic nitrogens is 1. The zero-order chi connectivity index (χ0) is 21.7. The molecule has 30 heavy (non-hydrogen) atoms. The molecule has 1 aromatic carbocycles. The van der Waals surface area contributed by atoms with E-state index in [1.165, 1.54) is 18.2 Å². The van der Waals surface area contributed by atoms with Gasteiger partial charge in [0.1, 0.15) is 11.6 Å². The summed E-state index contributed by atoms with van der Waals surface area (Å²) in [6.07, 6.45) is -2.79. The third-order valence-electron chi connectivity index (χ3n) is 5.10. The molecule has 3 rings (SSSR count). The maximum absolute atomic E-state index is 13.0.